The maximum Gasteiger partial charge on any atom is 0.255 e. The maximum atomic E-state index is 12.1. The van der Waals surface area contributed by atoms with Crippen LogP contribution in [0.25, 0.3) is 5.69 Å². The molecule has 0 unspecified atom stereocenters. The van der Waals surface area contributed by atoms with Crippen LogP contribution in [-0.2, 0) is 0 Å². The van der Waals surface area contributed by atoms with Gasteiger partial charge < -0.3 is 5.32 Å². The van der Waals surface area contributed by atoms with Crippen LogP contribution in [0.15, 0.2) is 71.5 Å². The number of nitrogens with zero attached hydrogens (tertiary/aromatic N) is 2. The fraction of sp³-hybridized carbons (Fsp3) is 0. The predicted octanol–water partition coefficient (Wildman–Crippen LogP) is 3.89. The standard InChI is InChI=1S/C16H12BrN3O/c17-13-4-1-3-12(11-13)16(21)19-14-5-7-15(8-6-14)20-10-2-9-18-20/h1-11H,(H,19,21). The van der Waals surface area contributed by atoms with Crippen LogP contribution in [0.5, 0.6) is 0 Å². The highest BCUT2D eigenvalue weighted by Crippen LogP contribution is 2.16. The molecule has 0 radical (unpaired) electrons. The predicted molar refractivity (Wildman–Crippen MR) is 85.7 cm³/mol. The van der Waals surface area contributed by atoms with Crippen LogP contribution in [0.2, 0.25) is 0 Å². The number of rotatable bonds is 3. The van der Waals surface area contributed by atoms with E-state index in [4.69, 9.17) is 0 Å². The van der Waals surface area contributed by atoms with Crippen LogP contribution < -0.4 is 5.32 Å². The van der Waals surface area contributed by atoms with Crippen molar-refractivity contribution >= 4 is 27.5 Å². The summed E-state index contributed by atoms with van der Waals surface area (Å²) in [6.07, 6.45) is 3.60. The lowest BCUT2D eigenvalue weighted by Crippen LogP contribution is -2.11. The van der Waals surface area contributed by atoms with E-state index in [2.05, 4.69) is 26.3 Å². The van der Waals surface area contributed by atoms with E-state index in [0.717, 1.165) is 15.8 Å². The number of carbonyl (C=O) groups excluding carboxylic acids is 1. The maximum absolute atomic E-state index is 12.1. The molecular weight excluding hydrogens is 330 g/mol. The Morgan fingerprint density at radius 2 is 1.90 bits per heavy atom. The molecule has 3 aromatic rings. The third-order valence-corrected chi connectivity index (χ3v) is 3.47. The Balaban J connectivity index is 1.75. The minimum Gasteiger partial charge on any atom is -0.322 e. The zero-order valence-corrected chi connectivity index (χ0v) is 12.6. The molecule has 0 aliphatic heterocycles. The average Bonchev–Trinajstić information content (AvgIpc) is 3.02. The first-order valence-corrected chi connectivity index (χ1v) is 7.19. The van der Waals surface area contributed by atoms with Crippen molar-refractivity contribution in [3.63, 3.8) is 0 Å². The lowest BCUT2D eigenvalue weighted by Gasteiger charge is -2.07. The van der Waals surface area contributed by atoms with Crippen LogP contribution in [0.1, 0.15) is 10.4 Å². The molecule has 4 nitrogen and oxygen atoms in total. The first-order chi connectivity index (χ1) is 10.2. The first-order valence-electron chi connectivity index (χ1n) is 6.39. The van der Waals surface area contributed by atoms with Gasteiger partial charge in [0.15, 0.2) is 0 Å². The topological polar surface area (TPSA) is 46.9 Å². The van der Waals surface area contributed by atoms with E-state index >= 15 is 0 Å². The Hall–Kier alpha value is -2.40. The number of carbonyl (C=O) groups is 1. The molecule has 1 amide bonds. The van der Waals surface area contributed by atoms with Crippen molar-refractivity contribution in [1.29, 1.82) is 0 Å². The van der Waals surface area contributed by atoms with E-state index in [1.165, 1.54) is 0 Å². The third kappa shape index (κ3) is 3.20. The van der Waals surface area contributed by atoms with Gasteiger partial charge in [-0.05, 0) is 48.5 Å². The summed E-state index contributed by atoms with van der Waals surface area (Å²) in [6.45, 7) is 0. The minimum absolute atomic E-state index is 0.136. The Morgan fingerprint density at radius 3 is 2.57 bits per heavy atom. The van der Waals surface area contributed by atoms with Crippen molar-refractivity contribution in [2.45, 2.75) is 0 Å². The van der Waals surface area contributed by atoms with Crippen molar-refractivity contribution in [3.8, 4) is 5.69 Å². The van der Waals surface area contributed by atoms with Crippen molar-refractivity contribution in [1.82, 2.24) is 9.78 Å². The van der Waals surface area contributed by atoms with Gasteiger partial charge >= 0.3 is 0 Å². The fourth-order valence-electron chi connectivity index (χ4n) is 1.95. The Morgan fingerprint density at radius 1 is 1.10 bits per heavy atom. The van der Waals surface area contributed by atoms with Gasteiger partial charge in [0.25, 0.3) is 5.91 Å². The number of hydrogen-bond donors (Lipinski definition) is 1. The molecule has 0 aliphatic rings. The number of benzene rings is 2. The van der Waals surface area contributed by atoms with Gasteiger partial charge in [-0.2, -0.15) is 5.10 Å². The summed E-state index contributed by atoms with van der Waals surface area (Å²) in [7, 11) is 0. The first kappa shape index (κ1) is 13.6. The van der Waals surface area contributed by atoms with Crippen LogP contribution in [-0.4, -0.2) is 15.7 Å². The number of hydrogen-bond acceptors (Lipinski definition) is 2. The molecule has 0 bridgehead atoms. The summed E-state index contributed by atoms with van der Waals surface area (Å²) in [5.41, 5.74) is 2.30. The number of amides is 1. The molecule has 5 heteroatoms. The molecule has 0 atom stereocenters. The van der Waals surface area contributed by atoms with Crippen molar-refractivity contribution in [2.75, 3.05) is 5.32 Å². The molecule has 0 saturated carbocycles. The van der Waals surface area contributed by atoms with Crippen LogP contribution >= 0.6 is 15.9 Å². The van der Waals surface area contributed by atoms with Gasteiger partial charge in [0, 0.05) is 28.1 Å². The third-order valence-electron chi connectivity index (χ3n) is 2.98. The highest BCUT2D eigenvalue weighted by molar-refractivity contribution is 9.10. The van der Waals surface area contributed by atoms with Crippen LogP contribution in [0, 0.1) is 0 Å². The molecule has 1 N–H and O–H groups in total. The quantitative estimate of drug-likeness (QED) is 0.785. The molecule has 1 aromatic heterocycles. The normalized spacial score (nSPS) is 10.3. The van der Waals surface area contributed by atoms with Crippen LogP contribution in [0.4, 0.5) is 5.69 Å². The summed E-state index contributed by atoms with van der Waals surface area (Å²) in [4.78, 5) is 12.1. The molecular formula is C16H12BrN3O. The zero-order chi connectivity index (χ0) is 14.7. The lowest BCUT2D eigenvalue weighted by atomic mass is 10.2. The lowest BCUT2D eigenvalue weighted by molar-refractivity contribution is 0.102. The number of halogens is 1. The second-order valence-electron chi connectivity index (χ2n) is 4.46. The molecule has 2 aromatic carbocycles. The Kier molecular flexibility index (Phi) is 3.83. The van der Waals surface area contributed by atoms with Crippen molar-refractivity contribution < 1.29 is 4.79 Å². The minimum atomic E-state index is -0.136. The van der Waals surface area contributed by atoms with Crippen LogP contribution in [0.3, 0.4) is 0 Å². The number of anilines is 1. The molecule has 0 fully saturated rings. The SMILES string of the molecule is O=C(Nc1ccc(-n2cccn2)cc1)c1cccc(Br)c1. The summed E-state index contributed by atoms with van der Waals surface area (Å²) in [6, 6.07) is 16.7. The van der Waals surface area contributed by atoms with Gasteiger partial charge in [-0.15, -0.1) is 0 Å². The van der Waals surface area contributed by atoms with Gasteiger partial charge in [-0.1, -0.05) is 22.0 Å². The van der Waals surface area contributed by atoms with E-state index in [1.807, 2.05) is 48.7 Å². The summed E-state index contributed by atoms with van der Waals surface area (Å²) in [5.74, 6) is -0.136. The van der Waals surface area contributed by atoms with Gasteiger partial charge in [0.1, 0.15) is 0 Å². The molecule has 21 heavy (non-hydrogen) atoms. The number of nitrogens with one attached hydrogen (secondary N) is 1. The monoisotopic (exact) mass is 341 g/mol. The molecule has 0 aliphatic carbocycles. The molecule has 0 spiro atoms. The average molecular weight is 342 g/mol. The van der Waals surface area contributed by atoms with Gasteiger partial charge in [-0.3, -0.25) is 4.79 Å². The summed E-state index contributed by atoms with van der Waals surface area (Å²) >= 11 is 3.36. The van der Waals surface area contributed by atoms with Gasteiger partial charge in [0.05, 0.1) is 5.69 Å². The van der Waals surface area contributed by atoms with E-state index in [9.17, 15) is 4.79 Å². The van der Waals surface area contributed by atoms with E-state index in [-0.39, 0.29) is 5.91 Å². The highest BCUT2D eigenvalue weighted by atomic mass is 79.9. The number of aromatic nitrogens is 2. The zero-order valence-electron chi connectivity index (χ0n) is 11.0. The van der Waals surface area contributed by atoms with Gasteiger partial charge in [0.2, 0.25) is 0 Å². The molecule has 0 saturated heterocycles. The van der Waals surface area contributed by atoms with E-state index < -0.39 is 0 Å². The second kappa shape index (κ2) is 5.93. The highest BCUT2D eigenvalue weighted by Gasteiger charge is 2.06. The largest absolute Gasteiger partial charge is 0.322 e. The van der Waals surface area contributed by atoms with Gasteiger partial charge in [-0.25, -0.2) is 4.68 Å². The summed E-state index contributed by atoms with van der Waals surface area (Å²) < 4.78 is 2.64. The van der Waals surface area contributed by atoms with E-state index in [1.54, 1.807) is 23.0 Å². The van der Waals surface area contributed by atoms with Crippen molar-refractivity contribution in [3.05, 3.63) is 77.0 Å². The molecule has 3 rings (SSSR count). The molecule has 1 heterocycles. The summed E-state index contributed by atoms with van der Waals surface area (Å²) in [5, 5.41) is 7.03. The Labute approximate surface area is 130 Å². The van der Waals surface area contributed by atoms with E-state index in [0.29, 0.717) is 5.56 Å². The second-order valence-corrected chi connectivity index (χ2v) is 5.38. The smallest absolute Gasteiger partial charge is 0.255 e. The van der Waals surface area contributed by atoms with Crippen molar-refractivity contribution in [2.24, 2.45) is 0 Å². The molecule has 104 valence electrons. The Bertz CT molecular complexity index is 751. The fourth-order valence-corrected chi connectivity index (χ4v) is 2.35.